The van der Waals surface area contributed by atoms with Gasteiger partial charge >= 0.3 is 11.7 Å². The predicted octanol–water partition coefficient (Wildman–Crippen LogP) is 1.14. The number of aromatic nitrogens is 2. The molecular weight excluding hydrogens is 456 g/mol. The summed E-state index contributed by atoms with van der Waals surface area (Å²) in [7, 11) is 1.49. The van der Waals surface area contributed by atoms with Crippen molar-refractivity contribution in [3.8, 4) is 6.07 Å². The minimum atomic E-state index is -0.765. The highest BCUT2D eigenvalue weighted by atomic mass is 16.5. The Kier molecular flexibility index (Phi) is 12.9. The van der Waals surface area contributed by atoms with Crippen molar-refractivity contribution in [3.05, 3.63) is 20.8 Å². The Morgan fingerprint density at radius 2 is 1.74 bits per heavy atom. The van der Waals surface area contributed by atoms with Gasteiger partial charge in [0.1, 0.15) is 5.82 Å². The number of unbranched alkanes of at least 4 members (excludes halogenated alkanes) is 3. The number of H-pyrrole nitrogens is 1. The van der Waals surface area contributed by atoms with Crippen molar-refractivity contribution in [1.82, 2.24) is 14.5 Å². The lowest BCUT2D eigenvalue weighted by molar-refractivity contribution is -0.152. The molecule has 0 aliphatic heterocycles. The molecule has 35 heavy (non-hydrogen) atoms. The fraction of sp³-hybridized carbons (Fsp3) is 0.652. The van der Waals surface area contributed by atoms with Gasteiger partial charge < -0.3 is 20.3 Å². The number of hydrogen-bond acceptors (Lipinski definition) is 8. The van der Waals surface area contributed by atoms with E-state index >= 15 is 0 Å². The predicted molar refractivity (Wildman–Crippen MR) is 131 cm³/mol. The summed E-state index contributed by atoms with van der Waals surface area (Å²) in [6.07, 6.45) is 3.35. The first kappa shape index (κ1) is 29.4. The van der Waals surface area contributed by atoms with E-state index in [9.17, 15) is 24.0 Å². The molecule has 0 radical (unpaired) electrons. The quantitative estimate of drug-likeness (QED) is 0.271. The minimum Gasteiger partial charge on any atom is -0.456 e. The van der Waals surface area contributed by atoms with Gasteiger partial charge in [-0.1, -0.05) is 33.1 Å². The zero-order valence-corrected chi connectivity index (χ0v) is 20.8. The largest absolute Gasteiger partial charge is 0.456 e. The van der Waals surface area contributed by atoms with Crippen LogP contribution in [0.15, 0.2) is 9.59 Å². The van der Waals surface area contributed by atoms with Gasteiger partial charge in [-0.25, -0.2) is 4.79 Å². The van der Waals surface area contributed by atoms with E-state index in [2.05, 4.69) is 4.98 Å². The van der Waals surface area contributed by atoms with E-state index in [0.29, 0.717) is 19.4 Å². The second kappa shape index (κ2) is 15.3. The highest BCUT2D eigenvalue weighted by Crippen LogP contribution is 2.19. The third kappa shape index (κ3) is 9.27. The van der Waals surface area contributed by atoms with Crippen molar-refractivity contribution < 1.29 is 19.1 Å². The minimum absolute atomic E-state index is 0.0920. The maximum Gasteiger partial charge on any atom is 0.330 e. The summed E-state index contributed by atoms with van der Waals surface area (Å²) >= 11 is 0. The average molecular weight is 493 g/mol. The number of esters is 1. The number of rotatable bonds is 15. The third-order valence-electron chi connectivity index (χ3n) is 5.39. The third-order valence-corrected chi connectivity index (χ3v) is 5.39. The van der Waals surface area contributed by atoms with Crippen LogP contribution in [-0.4, -0.2) is 59.0 Å². The molecular formula is C23H36N6O6. The van der Waals surface area contributed by atoms with Gasteiger partial charge in [0.25, 0.3) is 11.5 Å². The molecule has 1 rings (SSSR count). The molecule has 1 aromatic rings. The van der Waals surface area contributed by atoms with Crippen LogP contribution in [0.4, 0.5) is 11.5 Å². The topological polar surface area (TPSA) is 172 Å². The van der Waals surface area contributed by atoms with Crippen LogP contribution in [0, 0.1) is 11.3 Å². The number of nitriles is 1. The number of carbonyl (C=O) groups is 3. The van der Waals surface area contributed by atoms with Gasteiger partial charge in [-0.3, -0.25) is 28.7 Å². The monoisotopic (exact) mass is 492 g/mol. The van der Waals surface area contributed by atoms with Crippen molar-refractivity contribution in [2.24, 2.45) is 0 Å². The van der Waals surface area contributed by atoms with Crippen molar-refractivity contribution in [2.45, 2.75) is 71.8 Å². The van der Waals surface area contributed by atoms with Crippen molar-refractivity contribution >= 4 is 29.3 Å². The number of hydrogen-bond donors (Lipinski definition) is 2. The first-order valence-electron chi connectivity index (χ1n) is 11.9. The molecule has 0 fully saturated rings. The van der Waals surface area contributed by atoms with Gasteiger partial charge in [0, 0.05) is 33.1 Å². The highest BCUT2D eigenvalue weighted by molar-refractivity contribution is 5.97. The summed E-state index contributed by atoms with van der Waals surface area (Å²) in [4.78, 5) is 66.7. The Morgan fingerprint density at radius 3 is 2.37 bits per heavy atom. The molecule has 12 nitrogen and oxygen atoms in total. The number of nitrogens with two attached hydrogens (primary N) is 1. The molecule has 12 heteroatoms. The normalized spacial score (nSPS) is 10.5. The fourth-order valence-corrected chi connectivity index (χ4v) is 3.27. The summed E-state index contributed by atoms with van der Waals surface area (Å²) in [5, 5.41) is 8.58. The number of nitrogens with zero attached hydrogens (tertiary/aromatic N) is 4. The molecule has 1 heterocycles. The second-order valence-electron chi connectivity index (χ2n) is 8.13. The number of nitrogen functional groups attached to an aromatic ring is 1. The van der Waals surface area contributed by atoms with Crippen molar-refractivity contribution in [3.63, 3.8) is 0 Å². The van der Waals surface area contributed by atoms with Crippen molar-refractivity contribution in [1.29, 1.82) is 5.26 Å². The molecule has 194 valence electrons. The lowest BCUT2D eigenvalue weighted by atomic mass is 10.2. The average Bonchev–Trinajstić information content (AvgIpc) is 2.83. The maximum atomic E-state index is 13.0. The standard InChI is InChI=1S/C23H36N6O6/c1-4-6-8-15-28(20-21(25)29(14-7-5-2)23(34)26-22(20)33)17(30)10-11-19(32)35-16-18(31)27(3)13-9-12-24/h4-11,13-16,25H2,1-3H3,(H,26,33,34). The molecule has 0 unspecified atom stereocenters. The van der Waals surface area contributed by atoms with E-state index in [1.54, 1.807) is 0 Å². The molecule has 0 spiro atoms. The molecule has 0 saturated carbocycles. The number of likely N-dealkylation sites (N-methyl/N-ethyl adjacent to an activating group) is 1. The summed E-state index contributed by atoms with van der Waals surface area (Å²) in [5.74, 6) is -1.82. The molecule has 0 saturated heterocycles. The zero-order chi connectivity index (χ0) is 26.4. The highest BCUT2D eigenvalue weighted by Gasteiger charge is 2.24. The van der Waals surface area contributed by atoms with Gasteiger partial charge in [0.15, 0.2) is 12.3 Å². The van der Waals surface area contributed by atoms with Crippen LogP contribution in [0.25, 0.3) is 0 Å². The van der Waals surface area contributed by atoms with E-state index in [-0.39, 0.29) is 43.9 Å². The summed E-state index contributed by atoms with van der Waals surface area (Å²) in [6, 6.07) is 1.92. The lowest BCUT2D eigenvalue weighted by Gasteiger charge is -2.24. The van der Waals surface area contributed by atoms with Crippen LogP contribution < -0.4 is 21.9 Å². The van der Waals surface area contributed by atoms with Crippen LogP contribution in [0.3, 0.4) is 0 Å². The first-order valence-corrected chi connectivity index (χ1v) is 11.9. The molecule has 0 aliphatic rings. The van der Waals surface area contributed by atoms with Gasteiger partial charge in [0.05, 0.1) is 18.9 Å². The van der Waals surface area contributed by atoms with Gasteiger partial charge in [-0.15, -0.1) is 0 Å². The Labute approximate surface area is 204 Å². The Hall–Kier alpha value is -3.62. The fourth-order valence-electron chi connectivity index (χ4n) is 3.27. The van der Waals surface area contributed by atoms with E-state index in [0.717, 1.165) is 19.3 Å². The van der Waals surface area contributed by atoms with Crippen LogP contribution in [0.5, 0.6) is 0 Å². The number of amides is 2. The molecule has 0 atom stereocenters. The first-order chi connectivity index (χ1) is 16.7. The van der Waals surface area contributed by atoms with Crippen LogP contribution in [0.1, 0.15) is 65.2 Å². The van der Waals surface area contributed by atoms with Crippen LogP contribution in [-0.2, 0) is 25.7 Å². The van der Waals surface area contributed by atoms with E-state index in [1.165, 1.54) is 21.4 Å². The Balaban J connectivity index is 2.95. The molecule has 3 N–H and O–H groups in total. The summed E-state index contributed by atoms with van der Waals surface area (Å²) in [6.45, 7) is 4.16. The van der Waals surface area contributed by atoms with E-state index < -0.39 is 35.6 Å². The number of nitrogens with one attached hydrogen (secondary N) is 1. The Bertz CT molecular complexity index is 1020. The molecule has 2 amide bonds. The number of aromatic amines is 1. The van der Waals surface area contributed by atoms with E-state index in [1.807, 2.05) is 19.9 Å². The Morgan fingerprint density at radius 1 is 1.06 bits per heavy atom. The number of anilines is 2. The van der Waals surface area contributed by atoms with Gasteiger partial charge in [0.2, 0.25) is 5.91 Å². The SMILES string of the molecule is CCCCCN(C(=O)CCC(=O)OCC(=O)N(C)CCC#N)c1c(N)n(CCCC)c(=O)[nH]c1=O. The van der Waals surface area contributed by atoms with Crippen molar-refractivity contribution in [2.75, 3.05) is 37.4 Å². The second-order valence-corrected chi connectivity index (χ2v) is 8.13. The van der Waals surface area contributed by atoms with Crippen LogP contribution >= 0.6 is 0 Å². The number of carbonyl (C=O) groups excluding carboxylic acids is 3. The molecule has 1 aromatic heterocycles. The van der Waals surface area contributed by atoms with Gasteiger partial charge in [-0.2, -0.15) is 5.26 Å². The van der Waals surface area contributed by atoms with E-state index in [4.69, 9.17) is 15.7 Å². The zero-order valence-electron chi connectivity index (χ0n) is 20.8. The van der Waals surface area contributed by atoms with Crippen LogP contribution in [0.2, 0.25) is 0 Å². The molecule has 0 bridgehead atoms. The summed E-state index contributed by atoms with van der Waals surface area (Å²) in [5.41, 5.74) is 4.65. The molecule has 0 aliphatic carbocycles. The van der Waals surface area contributed by atoms with Gasteiger partial charge in [-0.05, 0) is 12.8 Å². The molecule has 0 aromatic carbocycles. The summed E-state index contributed by atoms with van der Waals surface area (Å²) < 4.78 is 6.18. The lowest BCUT2D eigenvalue weighted by Crippen LogP contribution is -2.41. The number of ether oxygens (including phenoxy) is 1. The maximum absolute atomic E-state index is 13.0. The smallest absolute Gasteiger partial charge is 0.330 e.